The van der Waals surface area contributed by atoms with E-state index in [4.69, 9.17) is 11.6 Å². The summed E-state index contributed by atoms with van der Waals surface area (Å²) in [7, 11) is 0. The van der Waals surface area contributed by atoms with E-state index in [1.807, 2.05) is 6.07 Å². The average Bonchev–Trinajstić information content (AvgIpc) is 2.61. The number of hydrogen-bond donors (Lipinski definition) is 1. The smallest absolute Gasteiger partial charge is 0.259 e. The highest BCUT2D eigenvalue weighted by molar-refractivity contribution is 7.18. The van der Waals surface area contributed by atoms with Gasteiger partial charge in [-0.2, -0.15) is 0 Å². The van der Waals surface area contributed by atoms with Crippen molar-refractivity contribution in [3.63, 3.8) is 0 Å². The average molecular weight is 243 g/mol. The van der Waals surface area contributed by atoms with Gasteiger partial charge in [0, 0.05) is 4.88 Å². The van der Waals surface area contributed by atoms with Crippen molar-refractivity contribution >= 4 is 33.2 Å². The van der Waals surface area contributed by atoms with Crippen LogP contribution in [0.4, 0.5) is 0 Å². The van der Waals surface area contributed by atoms with Gasteiger partial charge >= 0.3 is 0 Å². The van der Waals surface area contributed by atoms with E-state index < -0.39 is 0 Å². The maximum Gasteiger partial charge on any atom is 0.259 e. The molecule has 0 saturated carbocycles. The van der Waals surface area contributed by atoms with E-state index in [2.05, 4.69) is 16.9 Å². The Hall–Kier alpha value is -0.870. The highest BCUT2D eigenvalue weighted by Gasteiger charge is 2.10. The summed E-state index contributed by atoms with van der Waals surface area (Å²) in [6.07, 6.45) is 0.923. The number of aryl methyl sites for hydroxylation is 1. The van der Waals surface area contributed by atoms with Crippen molar-refractivity contribution in [2.45, 2.75) is 25.6 Å². The molecule has 3 nitrogen and oxygen atoms in total. The van der Waals surface area contributed by atoms with Crippen molar-refractivity contribution in [3.05, 3.63) is 27.1 Å². The SMILES string of the molecule is CCc1cc2c(=O)[nH]c([C@@H](C)Cl)nc2s1. The first-order valence-corrected chi connectivity index (χ1v) is 6.03. The fourth-order valence-electron chi connectivity index (χ4n) is 1.36. The maximum absolute atomic E-state index is 11.7. The number of hydrogen-bond acceptors (Lipinski definition) is 3. The summed E-state index contributed by atoms with van der Waals surface area (Å²) in [5.41, 5.74) is -0.0987. The lowest BCUT2D eigenvalue weighted by atomic mass is 10.3. The van der Waals surface area contributed by atoms with Crippen LogP contribution < -0.4 is 5.56 Å². The molecule has 0 aliphatic rings. The van der Waals surface area contributed by atoms with Gasteiger partial charge in [-0.15, -0.1) is 22.9 Å². The van der Waals surface area contributed by atoms with Gasteiger partial charge in [0.15, 0.2) is 0 Å². The molecule has 2 aromatic heterocycles. The van der Waals surface area contributed by atoms with Crippen LogP contribution in [0.1, 0.15) is 29.9 Å². The highest BCUT2D eigenvalue weighted by Crippen LogP contribution is 2.23. The Morgan fingerprint density at radius 1 is 1.67 bits per heavy atom. The highest BCUT2D eigenvalue weighted by atomic mass is 35.5. The molecule has 2 aromatic rings. The zero-order valence-electron chi connectivity index (χ0n) is 8.50. The normalized spacial score (nSPS) is 13.3. The molecule has 0 aromatic carbocycles. The van der Waals surface area contributed by atoms with Gasteiger partial charge in [-0.1, -0.05) is 6.92 Å². The Labute approximate surface area is 96.1 Å². The molecule has 0 aliphatic carbocycles. The van der Waals surface area contributed by atoms with Gasteiger partial charge in [-0.25, -0.2) is 4.98 Å². The second kappa shape index (κ2) is 3.94. The van der Waals surface area contributed by atoms with Crippen molar-refractivity contribution in [2.75, 3.05) is 0 Å². The van der Waals surface area contributed by atoms with Gasteiger partial charge in [0.25, 0.3) is 5.56 Å². The topological polar surface area (TPSA) is 45.8 Å². The summed E-state index contributed by atoms with van der Waals surface area (Å²) in [5.74, 6) is 0.540. The number of fused-ring (bicyclic) bond motifs is 1. The lowest BCUT2D eigenvalue weighted by Gasteiger charge is -2.00. The molecule has 0 spiro atoms. The molecule has 5 heteroatoms. The molecule has 2 rings (SSSR count). The number of H-pyrrole nitrogens is 1. The van der Waals surface area contributed by atoms with E-state index in [9.17, 15) is 4.79 Å². The molecule has 1 atom stereocenters. The number of halogens is 1. The number of nitrogens with one attached hydrogen (secondary N) is 1. The minimum absolute atomic E-state index is 0.0987. The van der Waals surface area contributed by atoms with Crippen LogP contribution in [-0.4, -0.2) is 9.97 Å². The van der Waals surface area contributed by atoms with Gasteiger partial charge in [-0.05, 0) is 19.4 Å². The third kappa shape index (κ3) is 1.92. The van der Waals surface area contributed by atoms with Crippen molar-refractivity contribution in [1.29, 1.82) is 0 Å². The summed E-state index contributed by atoms with van der Waals surface area (Å²) in [6.45, 7) is 3.85. The van der Waals surface area contributed by atoms with Gasteiger partial charge in [-0.3, -0.25) is 4.79 Å². The first-order valence-electron chi connectivity index (χ1n) is 4.78. The Balaban J connectivity index is 2.70. The number of thiophene rings is 1. The molecule has 0 amide bonds. The molecule has 0 fully saturated rings. The molecule has 80 valence electrons. The van der Waals surface area contributed by atoms with Crippen molar-refractivity contribution < 1.29 is 0 Å². The summed E-state index contributed by atoms with van der Waals surface area (Å²) in [6, 6.07) is 1.90. The third-order valence-corrected chi connectivity index (χ3v) is 3.58. The summed E-state index contributed by atoms with van der Waals surface area (Å²) in [4.78, 5) is 20.7. The molecule has 0 unspecified atom stereocenters. The zero-order valence-corrected chi connectivity index (χ0v) is 10.1. The van der Waals surface area contributed by atoms with E-state index in [0.717, 1.165) is 11.3 Å². The van der Waals surface area contributed by atoms with Crippen LogP contribution in [-0.2, 0) is 6.42 Å². The number of aromatic nitrogens is 2. The molecule has 0 aliphatic heterocycles. The number of nitrogens with zero attached hydrogens (tertiary/aromatic N) is 1. The maximum atomic E-state index is 11.7. The largest absolute Gasteiger partial charge is 0.309 e. The first-order chi connectivity index (χ1) is 7.11. The Bertz CT molecular complexity index is 544. The molecular formula is C10H11ClN2OS. The van der Waals surface area contributed by atoms with Gasteiger partial charge in [0.1, 0.15) is 10.7 Å². The quantitative estimate of drug-likeness (QED) is 0.824. The van der Waals surface area contributed by atoms with Crippen LogP contribution in [0.5, 0.6) is 0 Å². The van der Waals surface area contributed by atoms with Crippen LogP contribution in [0.3, 0.4) is 0 Å². The minimum atomic E-state index is -0.269. The monoisotopic (exact) mass is 242 g/mol. The second-order valence-corrected chi connectivity index (χ2v) is 5.12. The van der Waals surface area contributed by atoms with E-state index in [0.29, 0.717) is 11.2 Å². The number of rotatable bonds is 2. The minimum Gasteiger partial charge on any atom is -0.309 e. The van der Waals surface area contributed by atoms with Crippen LogP contribution in [0.15, 0.2) is 10.9 Å². The van der Waals surface area contributed by atoms with Gasteiger partial charge in [0.05, 0.1) is 10.8 Å². The van der Waals surface area contributed by atoms with E-state index in [1.54, 1.807) is 18.3 Å². The van der Waals surface area contributed by atoms with Crippen LogP contribution in [0, 0.1) is 0 Å². The molecule has 2 heterocycles. The summed E-state index contributed by atoms with van der Waals surface area (Å²) >= 11 is 7.44. The fourth-order valence-corrected chi connectivity index (χ4v) is 2.44. The number of alkyl halides is 1. The lowest BCUT2D eigenvalue weighted by molar-refractivity contribution is 0.917. The third-order valence-electron chi connectivity index (χ3n) is 2.20. The Kier molecular flexibility index (Phi) is 2.80. The van der Waals surface area contributed by atoms with Crippen molar-refractivity contribution in [1.82, 2.24) is 9.97 Å². The zero-order chi connectivity index (χ0) is 11.0. The van der Waals surface area contributed by atoms with Crippen molar-refractivity contribution in [3.8, 4) is 0 Å². The summed E-state index contributed by atoms with van der Waals surface area (Å²) in [5, 5.41) is 0.396. The lowest BCUT2D eigenvalue weighted by Crippen LogP contribution is -2.10. The molecule has 0 radical (unpaired) electrons. The second-order valence-electron chi connectivity index (χ2n) is 3.35. The predicted molar refractivity (Wildman–Crippen MR) is 63.9 cm³/mol. The van der Waals surface area contributed by atoms with Gasteiger partial charge < -0.3 is 4.98 Å². The molecular weight excluding hydrogens is 232 g/mol. The van der Waals surface area contributed by atoms with Crippen molar-refractivity contribution in [2.24, 2.45) is 0 Å². The van der Waals surface area contributed by atoms with E-state index >= 15 is 0 Å². The Morgan fingerprint density at radius 3 is 3.00 bits per heavy atom. The standard InChI is InChI=1S/C10H11ClN2OS/c1-3-6-4-7-9(14)12-8(5(2)11)13-10(7)15-6/h4-5H,3H2,1-2H3,(H,12,13,14)/t5-/m1/s1. The molecule has 0 bridgehead atoms. The van der Waals surface area contributed by atoms with Gasteiger partial charge in [0.2, 0.25) is 0 Å². The number of aromatic amines is 1. The molecule has 1 N–H and O–H groups in total. The van der Waals surface area contributed by atoms with Crippen LogP contribution in [0.2, 0.25) is 0 Å². The molecule has 15 heavy (non-hydrogen) atoms. The molecule has 0 saturated heterocycles. The van der Waals surface area contributed by atoms with Crippen LogP contribution in [0.25, 0.3) is 10.2 Å². The van der Waals surface area contributed by atoms with E-state index in [-0.39, 0.29) is 10.9 Å². The van der Waals surface area contributed by atoms with E-state index in [1.165, 1.54) is 4.88 Å². The summed E-state index contributed by atoms with van der Waals surface area (Å²) < 4.78 is 0. The fraction of sp³-hybridized carbons (Fsp3) is 0.400. The predicted octanol–water partition coefficient (Wildman–Crippen LogP) is 2.85. The first kappa shape index (κ1) is 10.6. The van der Waals surface area contributed by atoms with Crippen LogP contribution >= 0.6 is 22.9 Å². The Morgan fingerprint density at radius 2 is 2.40 bits per heavy atom.